The van der Waals surface area contributed by atoms with Crippen LogP contribution < -0.4 is 0 Å². The molecule has 1 heterocycles. The smallest absolute Gasteiger partial charge is 0.337 e. The third kappa shape index (κ3) is 1.59. The van der Waals surface area contributed by atoms with Gasteiger partial charge in [0.2, 0.25) is 0 Å². The van der Waals surface area contributed by atoms with E-state index in [9.17, 15) is 9.90 Å². The van der Waals surface area contributed by atoms with E-state index >= 15 is 0 Å². The van der Waals surface area contributed by atoms with E-state index in [0.29, 0.717) is 5.56 Å². The fraction of sp³-hybridized carbons (Fsp3) is 0.467. The highest BCUT2D eigenvalue weighted by molar-refractivity contribution is 6.01. The van der Waals surface area contributed by atoms with E-state index in [1.807, 2.05) is 13.0 Å². The van der Waals surface area contributed by atoms with E-state index in [2.05, 4.69) is 16.5 Å². The second kappa shape index (κ2) is 4.08. The van der Waals surface area contributed by atoms with E-state index in [-0.39, 0.29) is 5.54 Å². The number of aryl methyl sites for hydroxylation is 1. The van der Waals surface area contributed by atoms with Gasteiger partial charge < -0.3 is 9.67 Å². The topological polar surface area (TPSA) is 55.1 Å². The van der Waals surface area contributed by atoms with Gasteiger partial charge in [0.1, 0.15) is 5.82 Å². The van der Waals surface area contributed by atoms with Crippen molar-refractivity contribution < 1.29 is 9.90 Å². The van der Waals surface area contributed by atoms with Crippen LogP contribution in [-0.2, 0) is 5.54 Å². The number of rotatable bonds is 3. The Kier molecular flexibility index (Phi) is 2.62. The van der Waals surface area contributed by atoms with Crippen molar-refractivity contribution >= 4 is 17.0 Å². The number of hydrogen-bond donors (Lipinski definition) is 1. The molecule has 19 heavy (non-hydrogen) atoms. The summed E-state index contributed by atoms with van der Waals surface area (Å²) < 4.78 is 2.18. The van der Waals surface area contributed by atoms with Crippen molar-refractivity contribution in [2.24, 2.45) is 0 Å². The summed E-state index contributed by atoms with van der Waals surface area (Å²) in [5.41, 5.74) is 2.01. The van der Waals surface area contributed by atoms with Gasteiger partial charge in [0, 0.05) is 5.54 Å². The van der Waals surface area contributed by atoms with Crippen LogP contribution in [0.15, 0.2) is 18.2 Å². The number of aromatic carboxylic acids is 1. The Balaban J connectivity index is 2.35. The molecule has 100 valence electrons. The van der Waals surface area contributed by atoms with Crippen LogP contribution in [0.1, 0.15) is 48.8 Å². The number of imidazole rings is 1. The number of fused-ring (bicyclic) bond motifs is 1. The zero-order valence-electron chi connectivity index (χ0n) is 11.3. The van der Waals surface area contributed by atoms with Gasteiger partial charge in [-0.15, -0.1) is 0 Å². The summed E-state index contributed by atoms with van der Waals surface area (Å²) in [6, 6.07) is 5.33. The lowest BCUT2D eigenvalue weighted by molar-refractivity contribution is 0.0697. The van der Waals surface area contributed by atoms with Crippen LogP contribution in [0.2, 0.25) is 0 Å². The van der Waals surface area contributed by atoms with E-state index in [1.54, 1.807) is 12.1 Å². The SMILES string of the molecule is CCC1(n2c(C)nc3cccc(C(=O)O)c32)CCC1. The monoisotopic (exact) mass is 258 g/mol. The van der Waals surface area contributed by atoms with Gasteiger partial charge in [0.15, 0.2) is 0 Å². The third-order valence-corrected chi connectivity index (χ3v) is 4.49. The van der Waals surface area contributed by atoms with Crippen LogP contribution in [0.3, 0.4) is 0 Å². The molecule has 1 fully saturated rings. The molecular weight excluding hydrogens is 240 g/mol. The van der Waals surface area contributed by atoms with Gasteiger partial charge in [0.25, 0.3) is 0 Å². The summed E-state index contributed by atoms with van der Waals surface area (Å²) in [6.45, 7) is 4.15. The molecule has 0 saturated heterocycles. The maximum absolute atomic E-state index is 11.5. The van der Waals surface area contributed by atoms with Crippen LogP contribution in [0.25, 0.3) is 11.0 Å². The molecule has 1 saturated carbocycles. The molecule has 0 bridgehead atoms. The number of carboxylic acid groups (broad SMARTS) is 1. The Morgan fingerprint density at radius 3 is 2.74 bits per heavy atom. The molecule has 0 unspecified atom stereocenters. The molecule has 1 aromatic carbocycles. The number of nitrogens with zero attached hydrogens (tertiary/aromatic N) is 2. The molecule has 4 nitrogen and oxygen atoms in total. The molecule has 0 amide bonds. The second-order valence-corrected chi connectivity index (χ2v) is 5.40. The highest BCUT2D eigenvalue weighted by Crippen LogP contribution is 2.45. The van der Waals surface area contributed by atoms with Gasteiger partial charge in [-0.05, 0) is 44.7 Å². The molecule has 4 heteroatoms. The number of carboxylic acids is 1. The van der Waals surface area contributed by atoms with Crippen molar-refractivity contribution in [1.29, 1.82) is 0 Å². The minimum absolute atomic E-state index is 0.0738. The average Bonchev–Trinajstić information content (AvgIpc) is 2.66. The van der Waals surface area contributed by atoms with Crippen molar-refractivity contribution in [2.75, 3.05) is 0 Å². The summed E-state index contributed by atoms with van der Waals surface area (Å²) in [5, 5.41) is 9.40. The molecule has 0 aliphatic heterocycles. The molecule has 0 spiro atoms. The summed E-state index contributed by atoms with van der Waals surface area (Å²) in [4.78, 5) is 16.0. The highest BCUT2D eigenvalue weighted by atomic mass is 16.4. The zero-order chi connectivity index (χ0) is 13.6. The number of hydrogen-bond acceptors (Lipinski definition) is 2. The Labute approximate surface area is 112 Å². The second-order valence-electron chi connectivity index (χ2n) is 5.40. The lowest BCUT2D eigenvalue weighted by Crippen LogP contribution is -2.40. The summed E-state index contributed by atoms with van der Waals surface area (Å²) in [5.74, 6) is 0.0441. The van der Waals surface area contributed by atoms with Crippen molar-refractivity contribution in [3.05, 3.63) is 29.6 Å². The Hall–Kier alpha value is -1.84. The summed E-state index contributed by atoms with van der Waals surface area (Å²) in [6.07, 6.45) is 4.46. The molecule has 1 aliphatic carbocycles. The van der Waals surface area contributed by atoms with Gasteiger partial charge in [-0.2, -0.15) is 0 Å². The third-order valence-electron chi connectivity index (χ3n) is 4.49. The lowest BCUT2D eigenvalue weighted by Gasteiger charge is -2.44. The first-order chi connectivity index (χ1) is 9.09. The Morgan fingerprint density at radius 2 is 2.21 bits per heavy atom. The maximum Gasteiger partial charge on any atom is 0.337 e. The Bertz CT molecular complexity index is 648. The minimum atomic E-state index is -0.877. The largest absolute Gasteiger partial charge is 0.478 e. The molecule has 1 aliphatic rings. The molecule has 0 atom stereocenters. The lowest BCUT2D eigenvalue weighted by atomic mass is 9.74. The van der Waals surface area contributed by atoms with Crippen LogP contribution in [0.4, 0.5) is 0 Å². The number of para-hydroxylation sites is 1. The molecular formula is C15H18N2O2. The van der Waals surface area contributed by atoms with E-state index in [1.165, 1.54) is 6.42 Å². The van der Waals surface area contributed by atoms with Gasteiger partial charge in [0.05, 0.1) is 16.6 Å². The van der Waals surface area contributed by atoms with Crippen LogP contribution >= 0.6 is 0 Å². The first kappa shape index (κ1) is 12.2. The summed E-state index contributed by atoms with van der Waals surface area (Å²) >= 11 is 0. The normalized spacial score (nSPS) is 17.4. The van der Waals surface area contributed by atoms with Crippen molar-refractivity contribution in [2.45, 2.75) is 45.1 Å². The fourth-order valence-corrected chi connectivity index (χ4v) is 3.32. The molecule has 2 aromatic rings. The molecule has 3 rings (SSSR count). The first-order valence-corrected chi connectivity index (χ1v) is 6.81. The van der Waals surface area contributed by atoms with E-state index < -0.39 is 5.97 Å². The van der Waals surface area contributed by atoms with Gasteiger partial charge >= 0.3 is 5.97 Å². The van der Waals surface area contributed by atoms with Crippen molar-refractivity contribution in [1.82, 2.24) is 9.55 Å². The fourth-order valence-electron chi connectivity index (χ4n) is 3.32. The standard InChI is InChI=1S/C15H18N2O2/c1-3-15(8-5-9-15)17-10(2)16-12-7-4-6-11(13(12)17)14(18)19/h4,6-7H,3,5,8-9H2,1-2H3,(H,18,19). The van der Waals surface area contributed by atoms with E-state index in [4.69, 9.17) is 0 Å². The zero-order valence-corrected chi connectivity index (χ0v) is 11.3. The molecule has 1 aromatic heterocycles. The van der Waals surface area contributed by atoms with Gasteiger partial charge in [-0.1, -0.05) is 13.0 Å². The van der Waals surface area contributed by atoms with E-state index in [0.717, 1.165) is 36.1 Å². The number of aromatic nitrogens is 2. The summed E-state index contributed by atoms with van der Waals surface area (Å²) in [7, 11) is 0. The van der Waals surface area contributed by atoms with Crippen LogP contribution in [-0.4, -0.2) is 20.6 Å². The highest BCUT2D eigenvalue weighted by Gasteiger charge is 2.39. The quantitative estimate of drug-likeness (QED) is 0.918. The first-order valence-electron chi connectivity index (χ1n) is 6.81. The van der Waals surface area contributed by atoms with Crippen LogP contribution in [0, 0.1) is 6.92 Å². The van der Waals surface area contributed by atoms with Crippen molar-refractivity contribution in [3.8, 4) is 0 Å². The number of carbonyl (C=O) groups is 1. The Morgan fingerprint density at radius 1 is 1.47 bits per heavy atom. The predicted molar refractivity (Wildman–Crippen MR) is 73.5 cm³/mol. The predicted octanol–water partition coefficient (Wildman–Crippen LogP) is 3.33. The molecule has 0 radical (unpaired) electrons. The van der Waals surface area contributed by atoms with Crippen molar-refractivity contribution in [3.63, 3.8) is 0 Å². The average molecular weight is 258 g/mol. The number of benzene rings is 1. The maximum atomic E-state index is 11.5. The van der Waals surface area contributed by atoms with Crippen LogP contribution in [0.5, 0.6) is 0 Å². The minimum Gasteiger partial charge on any atom is -0.478 e. The van der Waals surface area contributed by atoms with Gasteiger partial charge in [-0.25, -0.2) is 9.78 Å². The molecule has 1 N–H and O–H groups in total. The van der Waals surface area contributed by atoms with Gasteiger partial charge in [-0.3, -0.25) is 0 Å².